The van der Waals surface area contributed by atoms with Crippen LogP contribution >= 0.6 is 0 Å². The molecule has 1 heteroatoms. The average molecular weight is 520 g/mol. The normalized spacial score (nSPS) is 16.9. The third-order valence-electron chi connectivity index (χ3n) is 10.2. The van der Waals surface area contributed by atoms with Crippen LogP contribution in [-0.4, -0.2) is 0 Å². The van der Waals surface area contributed by atoms with Crippen molar-refractivity contribution in [2.24, 2.45) is 0 Å². The highest BCUT2D eigenvalue weighted by atomic mass is 15.1. The number of benzene rings is 5. The molecule has 2 aliphatic rings. The summed E-state index contributed by atoms with van der Waals surface area (Å²) in [6.45, 7) is 14.5. The maximum Gasteiger partial charge on any atom is 0.0465 e. The molecule has 0 bridgehead atoms. The Morgan fingerprint density at radius 3 is 1.55 bits per heavy atom. The summed E-state index contributed by atoms with van der Waals surface area (Å²) in [5.74, 6) is 0. The van der Waals surface area contributed by atoms with E-state index in [1.54, 1.807) is 0 Å². The summed E-state index contributed by atoms with van der Waals surface area (Å²) in [5.41, 5.74) is 14.8. The third kappa shape index (κ3) is 3.27. The molecule has 198 valence electrons. The molecule has 0 saturated heterocycles. The van der Waals surface area contributed by atoms with Crippen LogP contribution in [0.15, 0.2) is 115 Å². The Hall–Kier alpha value is -4.10. The zero-order valence-corrected chi connectivity index (χ0v) is 24.4. The summed E-state index contributed by atoms with van der Waals surface area (Å²) in [6, 6.07) is 42.5. The molecule has 7 rings (SSSR count). The fourth-order valence-corrected chi connectivity index (χ4v) is 7.28. The molecule has 0 radical (unpaired) electrons. The maximum absolute atomic E-state index is 2.44. The molecule has 0 N–H and O–H groups in total. The molecule has 40 heavy (non-hydrogen) atoms. The van der Waals surface area contributed by atoms with Crippen LogP contribution in [0, 0.1) is 0 Å². The summed E-state index contributed by atoms with van der Waals surface area (Å²) >= 11 is 0. The second-order valence-electron chi connectivity index (χ2n) is 13.1. The van der Waals surface area contributed by atoms with E-state index >= 15 is 0 Å². The van der Waals surface area contributed by atoms with Crippen molar-refractivity contribution in [2.75, 3.05) is 4.90 Å². The van der Waals surface area contributed by atoms with Gasteiger partial charge in [0.1, 0.15) is 0 Å². The summed E-state index contributed by atoms with van der Waals surface area (Å²) < 4.78 is 0. The van der Waals surface area contributed by atoms with Crippen LogP contribution in [0.1, 0.15) is 63.8 Å². The van der Waals surface area contributed by atoms with Gasteiger partial charge < -0.3 is 4.90 Å². The molecule has 0 aromatic heterocycles. The van der Waals surface area contributed by atoms with Crippen LogP contribution < -0.4 is 4.90 Å². The van der Waals surface area contributed by atoms with Crippen molar-refractivity contribution in [2.45, 2.75) is 57.8 Å². The first kappa shape index (κ1) is 24.9. The van der Waals surface area contributed by atoms with Gasteiger partial charge in [-0.25, -0.2) is 0 Å². The molecule has 5 aromatic carbocycles. The lowest BCUT2D eigenvalue weighted by Crippen LogP contribution is -2.43. The Kier molecular flexibility index (Phi) is 5.26. The van der Waals surface area contributed by atoms with E-state index in [0.717, 1.165) is 11.4 Å². The van der Waals surface area contributed by atoms with Gasteiger partial charge in [-0.3, -0.25) is 0 Å². The minimum Gasteiger partial charge on any atom is -0.310 e. The third-order valence-corrected chi connectivity index (χ3v) is 10.2. The molecule has 0 amide bonds. The quantitative estimate of drug-likeness (QED) is 0.229. The topological polar surface area (TPSA) is 3.24 Å². The highest BCUT2D eigenvalue weighted by Crippen LogP contribution is 2.60. The van der Waals surface area contributed by atoms with Gasteiger partial charge in [0, 0.05) is 22.5 Å². The Labute approximate surface area is 239 Å². The molecule has 2 aliphatic carbocycles. The average Bonchev–Trinajstić information content (AvgIpc) is 3.19. The van der Waals surface area contributed by atoms with Crippen LogP contribution in [-0.2, 0) is 16.2 Å². The Balaban J connectivity index is 1.48. The van der Waals surface area contributed by atoms with Crippen LogP contribution in [0.5, 0.6) is 0 Å². The van der Waals surface area contributed by atoms with Gasteiger partial charge >= 0.3 is 0 Å². The first-order valence-electron chi connectivity index (χ1n) is 14.5. The monoisotopic (exact) mass is 519 g/mol. The van der Waals surface area contributed by atoms with Gasteiger partial charge in [0.15, 0.2) is 0 Å². The molecule has 0 atom stereocenters. The molecule has 0 spiro atoms. The molecule has 0 unspecified atom stereocenters. The van der Waals surface area contributed by atoms with Gasteiger partial charge in [-0.1, -0.05) is 120 Å². The molecule has 5 aromatic rings. The summed E-state index contributed by atoms with van der Waals surface area (Å²) in [4.78, 5) is 2.37. The predicted molar refractivity (Wildman–Crippen MR) is 170 cm³/mol. The molecular weight excluding hydrogens is 482 g/mol. The van der Waals surface area contributed by atoms with E-state index in [2.05, 4.69) is 162 Å². The van der Waals surface area contributed by atoms with Crippen LogP contribution in [0.2, 0.25) is 0 Å². The zero-order chi connectivity index (χ0) is 27.9. The van der Waals surface area contributed by atoms with Crippen molar-refractivity contribution in [3.8, 4) is 22.3 Å². The first-order valence-corrected chi connectivity index (χ1v) is 14.5. The summed E-state index contributed by atoms with van der Waals surface area (Å²) in [6.07, 6.45) is 0. The second-order valence-corrected chi connectivity index (χ2v) is 13.1. The number of para-hydroxylation sites is 2. The predicted octanol–water partition coefficient (Wildman–Crippen LogP) is 10.7. The molecule has 0 aliphatic heterocycles. The standard InChI is InChI=1S/C39H37N/c1-37(2)32-23-24-33-36(29-19-13-14-20-31(29)38(3,4)39(33,5)6)35(32)30-22-21-28(25-34(30)37)40(26-15-9-7-10-16-26)27-17-11-8-12-18-27/h7-25H,1-6H3. The van der Waals surface area contributed by atoms with Crippen molar-refractivity contribution in [3.05, 3.63) is 138 Å². The van der Waals surface area contributed by atoms with E-state index in [-0.39, 0.29) is 16.2 Å². The number of hydrogen-bond donors (Lipinski definition) is 0. The van der Waals surface area contributed by atoms with Crippen molar-refractivity contribution in [1.82, 2.24) is 0 Å². The Bertz CT molecular complexity index is 1720. The van der Waals surface area contributed by atoms with Crippen molar-refractivity contribution >= 4 is 17.1 Å². The number of anilines is 3. The van der Waals surface area contributed by atoms with E-state index in [9.17, 15) is 0 Å². The van der Waals surface area contributed by atoms with E-state index in [4.69, 9.17) is 0 Å². The number of rotatable bonds is 3. The highest BCUT2D eigenvalue weighted by molar-refractivity contribution is 5.97. The first-order chi connectivity index (χ1) is 19.1. The molecule has 1 nitrogen and oxygen atoms in total. The number of fused-ring (bicyclic) bond motifs is 7. The van der Waals surface area contributed by atoms with Crippen molar-refractivity contribution in [1.29, 1.82) is 0 Å². The largest absolute Gasteiger partial charge is 0.310 e. The highest BCUT2D eigenvalue weighted by Gasteiger charge is 2.48. The number of hydrogen-bond acceptors (Lipinski definition) is 1. The van der Waals surface area contributed by atoms with E-state index in [0.29, 0.717) is 0 Å². The van der Waals surface area contributed by atoms with Gasteiger partial charge in [-0.2, -0.15) is 0 Å². The van der Waals surface area contributed by atoms with Gasteiger partial charge in [0.2, 0.25) is 0 Å². The molecular formula is C39H37N. The molecule has 0 fully saturated rings. The zero-order valence-electron chi connectivity index (χ0n) is 24.4. The van der Waals surface area contributed by atoms with E-state index < -0.39 is 0 Å². The summed E-state index contributed by atoms with van der Waals surface area (Å²) in [5, 5.41) is 0. The smallest absolute Gasteiger partial charge is 0.0465 e. The van der Waals surface area contributed by atoms with Gasteiger partial charge in [0.25, 0.3) is 0 Å². The maximum atomic E-state index is 2.44. The van der Waals surface area contributed by atoms with E-state index in [1.807, 2.05) is 0 Å². The van der Waals surface area contributed by atoms with E-state index in [1.165, 1.54) is 50.2 Å². The fourth-order valence-electron chi connectivity index (χ4n) is 7.28. The van der Waals surface area contributed by atoms with Crippen LogP contribution in [0.3, 0.4) is 0 Å². The van der Waals surface area contributed by atoms with Crippen LogP contribution in [0.4, 0.5) is 17.1 Å². The minimum absolute atomic E-state index is 0.00400. The lowest BCUT2D eigenvalue weighted by atomic mass is 9.54. The number of nitrogens with zero attached hydrogens (tertiary/aromatic N) is 1. The molecule has 0 heterocycles. The summed E-state index contributed by atoms with van der Waals surface area (Å²) in [7, 11) is 0. The minimum atomic E-state index is -0.110. The van der Waals surface area contributed by atoms with Gasteiger partial charge in [0.05, 0.1) is 0 Å². The van der Waals surface area contributed by atoms with Crippen molar-refractivity contribution in [3.63, 3.8) is 0 Å². The van der Waals surface area contributed by atoms with Crippen LogP contribution in [0.25, 0.3) is 22.3 Å². The second kappa shape index (κ2) is 8.45. The van der Waals surface area contributed by atoms with Gasteiger partial charge in [-0.15, -0.1) is 0 Å². The molecule has 0 saturated carbocycles. The fraction of sp³-hybridized carbons (Fsp3) is 0.231. The Morgan fingerprint density at radius 1 is 0.400 bits per heavy atom. The SMILES string of the molecule is CC1(C)c2cc(N(c3ccccc3)c3ccccc3)ccc2-c2c1ccc1c2-c2ccccc2C(C)(C)C1(C)C. The van der Waals surface area contributed by atoms with Crippen molar-refractivity contribution < 1.29 is 0 Å². The van der Waals surface area contributed by atoms with Gasteiger partial charge in [-0.05, 0) is 91.7 Å². The lowest BCUT2D eigenvalue weighted by molar-refractivity contribution is 0.299. The lowest BCUT2D eigenvalue weighted by Gasteiger charge is -2.49. The Morgan fingerprint density at radius 2 is 0.900 bits per heavy atom.